The summed E-state index contributed by atoms with van der Waals surface area (Å²) in [4.78, 5) is 18.4. The average Bonchev–Trinajstić information content (AvgIpc) is 3.05. The van der Waals surface area contributed by atoms with Crippen molar-refractivity contribution in [1.29, 1.82) is 0 Å². The maximum absolute atomic E-state index is 13.7. The van der Waals surface area contributed by atoms with Gasteiger partial charge in [0.1, 0.15) is 5.82 Å². The van der Waals surface area contributed by atoms with E-state index in [1.54, 1.807) is 4.90 Å². The van der Waals surface area contributed by atoms with Crippen molar-refractivity contribution < 1.29 is 18.0 Å². The van der Waals surface area contributed by atoms with Gasteiger partial charge < -0.3 is 10.2 Å². The molecule has 2 aromatic rings. The standard InChI is InChI=1S/C17H21F3N4OS/c1-5-8-24(16-22-15(23-26-16)17(2,3)4)9-12(25)21-11-7-6-10(18)13(19)14(11)20/h6-7H,5,8-9H2,1-4H3,(H,21,25). The number of nitrogens with one attached hydrogen (secondary N) is 1. The van der Waals surface area contributed by atoms with E-state index in [0.717, 1.165) is 18.6 Å². The molecule has 0 fully saturated rings. The lowest BCUT2D eigenvalue weighted by molar-refractivity contribution is -0.115. The van der Waals surface area contributed by atoms with Gasteiger partial charge in [-0.25, -0.2) is 18.2 Å². The van der Waals surface area contributed by atoms with Gasteiger partial charge in [-0.3, -0.25) is 4.79 Å². The second-order valence-electron chi connectivity index (χ2n) is 6.84. The second-order valence-corrected chi connectivity index (χ2v) is 7.57. The Bertz CT molecular complexity index is 789. The van der Waals surface area contributed by atoms with E-state index in [-0.39, 0.29) is 12.0 Å². The fourth-order valence-corrected chi connectivity index (χ4v) is 3.03. The molecule has 142 valence electrons. The first-order valence-electron chi connectivity index (χ1n) is 8.16. The van der Waals surface area contributed by atoms with Gasteiger partial charge in [0.2, 0.25) is 11.0 Å². The fourth-order valence-electron chi connectivity index (χ4n) is 2.15. The van der Waals surface area contributed by atoms with E-state index in [9.17, 15) is 18.0 Å². The van der Waals surface area contributed by atoms with Crippen molar-refractivity contribution in [3.63, 3.8) is 0 Å². The number of carbonyl (C=O) groups is 1. The molecule has 0 spiro atoms. The van der Waals surface area contributed by atoms with Gasteiger partial charge in [0.25, 0.3) is 0 Å². The van der Waals surface area contributed by atoms with Gasteiger partial charge in [0.15, 0.2) is 17.5 Å². The first-order chi connectivity index (χ1) is 12.1. The smallest absolute Gasteiger partial charge is 0.244 e. The first-order valence-corrected chi connectivity index (χ1v) is 8.93. The Balaban J connectivity index is 2.13. The molecule has 0 aliphatic carbocycles. The molecule has 0 bridgehead atoms. The molecule has 0 aliphatic rings. The van der Waals surface area contributed by atoms with Crippen LogP contribution in [0.5, 0.6) is 0 Å². The maximum atomic E-state index is 13.7. The molecule has 0 saturated carbocycles. The minimum absolute atomic E-state index is 0.106. The van der Waals surface area contributed by atoms with Gasteiger partial charge >= 0.3 is 0 Å². The molecule has 1 heterocycles. The number of hydrogen-bond donors (Lipinski definition) is 1. The molecule has 0 atom stereocenters. The monoisotopic (exact) mass is 386 g/mol. The van der Waals surface area contributed by atoms with E-state index in [1.807, 2.05) is 27.7 Å². The lowest BCUT2D eigenvalue weighted by atomic mass is 9.96. The van der Waals surface area contributed by atoms with Crippen LogP contribution < -0.4 is 10.2 Å². The summed E-state index contributed by atoms with van der Waals surface area (Å²) in [5, 5.41) is 2.85. The first kappa shape index (κ1) is 20.2. The molecule has 1 aromatic heterocycles. The number of anilines is 2. The molecule has 5 nitrogen and oxygen atoms in total. The Morgan fingerprint density at radius 3 is 2.50 bits per heavy atom. The molecule has 1 aromatic carbocycles. The quantitative estimate of drug-likeness (QED) is 0.759. The number of rotatable bonds is 6. The summed E-state index contributed by atoms with van der Waals surface area (Å²) >= 11 is 1.18. The zero-order valence-electron chi connectivity index (χ0n) is 15.1. The van der Waals surface area contributed by atoms with Crippen molar-refractivity contribution in [1.82, 2.24) is 9.36 Å². The predicted molar refractivity (Wildman–Crippen MR) is 96.1 cm³/mol. The predicted octanol–water partition coefficient (Wildman–Crippen LogP) is 4.11. The molecule has 9 heteroatoms. The van der Waals surface area contributed by atoms with Crippen LogP contribution in [0.4, 0.5) is 24.0 Å². The number of amides is 1. The van der Waals surface area contributed by atoms with Gasteiger partial charge in [0, 0.05) is 23.5 Å². The van der Waals surface area contributed by atoms with Gasteiger partial charge in [0.05, 0.1) is 12.2 Å². The lowest BCUT2D eigenvalue weighted by Gasteiger charge is -2.20. The largest absolute Gasteiger partial charge is 0.338 e. The minimum Gasteiger partial charge on any atom is -0.338 e. The van der Waals surface area contributed by atoms with Crippen molar-refractivity contribution in [3.05, 3.63) is 35.4 Å². The van der Waals surface area contributed by atoms with E-state index in [1.165, 1.54) is 11.5 Å². The summed E-state index contributed by atoms with van der Waals surface area (Å²) in [5.74, 6) is -4.24. The summed E-state index contributed by atoms with van der Waals surface area (Å²) in [6.45, 7) is 8.35. The number of benzene rings is 1. The molecular weight excluding hydrogens is 365 g/mol. The number of hydrogen-bond acceptors (Lipinski definition) is 5. The van der Waals surface area contributed by atoms with Crippen LogP contribution in [0.2, 0.25) is 0 Å². The Hall–Kier alpha value is -2.16. The van der Waals surface area contributed by atoms with Crippen molar-refractivity contribution in [2.24, 2.45) is 0 Å². The Kier molecular flexibility index (Phi) is 6.22. The second kappa shape index (κ2) is 8.03. The number of aromatic nitrogens is 2. The molecule has 26 heavy (non-hydrogen) atoms. The zero-order chi connectivity index (χ0) is 19.5. The van der Waals surface area contributed by atoms with E-state index in [4.69, 9.17) is 0 Å². The van der Waals surface area contributed by atoms with Crippen molar-refractivity contribution in [2.75, 3.05) is 23.3 Å². The molecule has 1 amide bonds. The maximum Gasteiger partial charge on any atom is 0.244 e. The number of nitrogens with zero attached hydrogens (tertiary/aromatic N) is 3. The van der Waals surface area contributed by atoms with Crippen LogP contribution in [0.25, 0.3) is 0 Å². The third-order valence-electron chi connectivity index (χ3n) is 3.49. The third-order valence-corrected chi connectivity index (χ3v) is 4.27. The number of carbonyl (C=O) groups excluding carboxylic acids is 1. The normalized spacial score (nSPS) is 11.5. The third kappa shape index (κ3) is 4.72. The van der Waals surface area contributed by atoms with Gasteiger partial charge in [-0.15, -0.1) is 0 Å². The minimum atomic E-state index is -1.62. The van der Waals surface area contributed by atoms with E-state index in [2.05, 4.69) is 14.7 Å². The highest BCUT2D eigenvalue weighted by Gasteiger charge is 2.23. The van der Waals surface area contributed by atoms with Gasteiger partial charge in [-0.1, -0.05) is 27.7 Å². The Labute approximate surface area is 154 Å². The van der Waals surface area contributed by atoms with Gasteiger partial charge in [-0.05, 0) is 18.6 Å². The molecule has 1 N–H and O–H groups in total. The number of halogens is 3. The highest BCUT2D eigenvalue weighted by molar-refractivity contribution is 7.09. The van der Waals surface area contributed by atoms with Crippen LogP contribution in [-0.2, 0) is 10.2 Å². The van der Waals surface area contributed by atoms with E-state index < -0.39 is 29.0 Å². The van der Waals surface area contributed by atoms with Crippen LogP contribution in [0, 0.1) is 17.5 Å². The molecule has 0 aliphatic heterocycles. The highest BCUT2D eigenvalue weighted by Crippen LogP contribution is 2.26. The summed E-state index contributed by atoms with van der Waals surface area (Å²) in [6, 6.07) is 1.75. The Morgan fingerprint density at radius 1 is 1.23 bits per heavy atom. The van der Waals surface area contributed by atoms with Crippen molar-refractivity contribution in [3.8, 4) is 0 Å². The van der Waals surface area contributed by atoms with Crippen LogP contribution in [0.1, 0.15) is 39.9 Å². The molecule has 0 saturated heterocycles. The van der Waals surface area contributed by atoms with Crippen LogP contribution in [0.15, 0.2) is 12.1 Å². The zero-order valence-corrected chi connectivity index (χ0v) is 15.9. The molecular formula is C17H21F3N4OS. The van der Waals surface area contributed by atoms with Crippen molar-refractivity contribution in [2.45, 2.75) is 39.5 Å². The Morgan fingerprint density at radius 2 is 1.92 bits per heavy atom. The highest BCUT2D eigenvalue weighted by atomic mass is 32.1. The summed E-state index contributed by atoms with van der Waals surface area (Å²) in [7, 11) is 0. The van der Waals surface area contributed by atoms with E-state index >= 15 is 0 Å². The summed E-state index contributed by atoms with van der Waals surface area (Å²) in [5.41, 5.74) is -0.623. The fraction of sp³-hybridized carbons (Fsp3) is 0.471. The SMILES string of the molecule is CCCN(CC(=O)Nc1ccc(F)c(F)c1F)c1nc(C(C)(C)C)ns1. The summed E-state index contributed by atoms with van der Waals surface area (Å²) < 4.78 is 44.3. The van der Waals surface area contributed by atoms with E-state index in [0.29, 0.717) is 17.5 Å². The van der Waals surface area contributed by atoms with Crippen molar-refractivity contribution >= 4 is 28.3 Å². The topological polar surface area (TPSA) is 58.1 Å². The van der Waals surface area contributed by atoms with Crippen LogP contribution in [-0.4, -0.2) is 28.4 Å². The summed E-state index contributed by atoms with van der Waals surface area (Å²) in [6.07, 6.45) is 0.761. The van der Waals surface area contributed by atoms with Gasteiger partial charge in [-0.2, -0.15) is 4.37 Å². The van der Waals surface area contributed by atoms with Crippen LogP contribution in [0.3, 0.4) is 0 Å². The lowest BCUT2D eigenvalue weighted by Crippen LogP contribution is -2.34. The van der Waals surface area contributed by atoms with Crippen LogP contribution >= 0.6 is 11.5 Å². The molecule has 0 radical (unpaired) electrons. The molecule has 0 unspecified atom stereocenters. The molecule has 2 rings (SSSR count). The average molecular weight is 386 g/mol.